The van der Waals surface area contributed by atoms with Gasteiger partial charge in [0.05, 0.1) is 49.3 Å². The quantitative estimate of drug-likeness (QED) is 0.0549. The van der Waals surface area contributed by atoms with E-state index in [4.69, 9.17) is 12.6 Å². The van der Waals surface area contributed by atoms with Gasteiger partial charge in [-0.2, -0.15) is 33.7 Å². The van der Waals surface area contributed by atoms with Crippen molar-refractivity contribution >= 4 is 128 Å². The van der Waals surface area contributed by atoms with Crippen LogP contribution in [0.2, 0.25) is 0 Å². The molecule has 348 valence electrons. The van der Waals surface area contributed by atoms with E-state index in [0.29, 0.717) is 28.9 Å². The van der Waals surface area contributed by atoms with Gasteiger partial charge in [-0.05, 0) is 78.2 Å². The predicted octanol–water partition coefficient (Wildman–Crippen LogP) is 8.94. The molecule has 0 atom stereocenters. The fraction of sp³-hybridized carbons (Fsp3) is 0. The lowest BCUT2D eigenvalue weighted by Crippen LogP contribution is -2.01. The van der Waals surface area contributed by atoms with Gasteiger partial charge in [0.25, 0.3) is 40.5 Å². The maximum Gasteiger partial charge on any atom is 0.425 e. The fourth-order valence-electron chi connectivity index (χ4n) is 6.79. The van der Waals surface area contributed by atoms with Crippen LogP contribution in [0.25, 0.3) is 43.1 Å². The monoisotopic (exact) mass is 1020 g/mol. The van der Waals surface area contributed by atoms with E-state index in [2.05, 4.69) is 30.7 Å². The van der Waals surface area contributed by atoms with Crippen LogP contribution in [0.1, 0.15) is 0 Å². The van der Waals surface area contributed by atoms with Gasteiger partial charge in [-0.15, -0.1) is 43.3 Å². The Kier molecular flexibility index (Phi) is 13.0. The SMILES string of the molecule is O=S(=O)(O)c1ccc2c(N=Nc3cccc4ccccc34)ccc(N=Nc3ccc(N=Nc4cc(S(=O)(=O)O)c(O)c5ccc(S(=O)(=O)O)c(O)c45)c4cc(S(=O)(=O)O)ccc34)c2c1.O=S(=O)=O. The van der Waals surface area contributed by atoms with Gasteiger partial charge in [-0.3, -0.25) is 18.2 Å². The number of fused-ring (bicyclic) bond motifs is 4. The molecule has 0 spiro atoms. The van der Waals surface area contributed by atoms with Crippen LogP contribution in [0, 0.1) is 0 Å². The van der Waals surface area contributed by atoms with Crippen LogP contribution in [0.3, 0.4) is 0 Å². The highest BCUT2D eigenvalue weighted by Crippen LogP contribution is 2.46. The average Bonchev–Trinajstić information content (AvgIpc) is 3.25. The smallest absolute Gasteiger partial charge is 0.425 e. The molecule has 6 N–H and O–H groups in total. The second-order valence-electron chi connectivity index (χ2n) is 13.9. The summed E-state index contributed by atoms with van der Waals surface area (Å²) in [5.41, 5.74) is 0.101. The van der Waals surface area contributed by atoms with Crippen LogP contribution < -0.4 is 0 Å². The summed E-state index contributed by atoms with van der Waals surface area (Å²) in [4.78, 5) is -3.28. The van der Waals surface area contributed by atoms with E-state index in [9.17, 15) is 62.1 Å². The number of nitrogens with zero attached hydrogens (tertiary/aromatic N) is 6. The van der Waals surface area contributed by atoms with Crippen LogP contribution in [0.15, 0.2) is 172 Å². The topological polar surface area (TPSA) is 383 Å². The van der Waals surface area contributed by atoms with Crippen LogP contribution >= 0.6 is 0 Å². The zero-order valence-corrected chi connectivity index (χ0v) is 37.5. The van der Waals surface area contributed by atoms with E-state index in [1.54, 1.807) is 12.1 Å². The van der Waals surface area contributed by atoms with Crippen molar-refractivity contribution in [3.8, 4) is 11.5 Å². The highest BCUT2D eigenvalue weighted by molar-refractivity contribution is 7.86. The standard InChI is InChI=1S/C40H26N6O14S4.O3S/c47-39-27-12-17-36(63(55,56)57)40(48)38(27)35(20-37(39)64(58,59)60)46-45-34-16-14-32(26-11-9-23(19-29(26)34)62(52,53)54)43-44-33-15-13-31(25-10-8-22(18-28(25)33)61(49,50)51)42-41-30-7-3-5-21-4-1-2-6-24(21)30;1-4(2)3/h1-20,47-48H,(H,49,50,51)(H,52,53,54)(H,55,56,57)(H,58,59,60);. The van der Waals surface area contributed by atoms with Crippen LogP contribution in [0.5, 0.6) is 11.5 Å². The molecule has 0 radical (unpaired) electrons. The van der Waals surface area contributed by atoms with Crippen molar-refractivity contribution in [3.63, 3.8) is 0 Å². The number of hydrogen-bond donors (Lipinski definition) is 6. The Morgan fingerprint density at radius 1 is 0.353 bits per heavy atom. The molecule has 23 nitrogen and oxygen atoms in total. The summed E-state index contributed by atoms with van der Waals surface area (Å²) in [6, 6.07) is 27.6. The Morgan fingerprint density at radius 3 is 1.21 bits per heavy atom. The van der Waals surface area contributed by atoms with Gasteiger partial charge in [0.1, 0.15) is 21.3 Å². The van der Waals surface area contributed by atoms with Gasteiger partial charge in [0.15, 0.2) is 0 Å². The highest BCUT2D eigenvalue weighted by Gasteiger charge is 2.26. The zero-order chi connectivity index (χ0) is 49.5. The minimum absolute atomic E-state index is 0.0359. The Hall–Kier alpha value is -7.54. The van der Waals surface area contributed by atoms with Crippen LogP contribution in [-0.4, -0.2) is 74.7 Å². The maximum absolute atomic E-state index is 12.2. The van der Waals surface area contributed by atoms with Gasteiger partial charge in [-0.25, -0.2) is 0 Å². The number of hydrogen-bond acceptors (Lipinski definition) is 19. The highest BCUT2D eigenvalue weighted by atomic mass is 32.2. The first-order chi connectivity index (χ1) is 31.8. The lowest BCUT2D eigenvalue weighted by atomic mass is 10.1. The molecule has 0 aliphatic carbocycles. The first-order valence-corrected chi connectivity index (χ1v) is 25.1. The van der Waals surface area contributed by atoms with Crippen LogP contribution in [0.4, 0.5) is 34.1 Å². The summed E-state index contributed by atoms with van der Waals surface area (Å²) in [6.45, 7) is 0. The summed E-state index contributed by atoms with van der Waals surface area (Å²) in [5.74, 6) is -2.30. The molecule has 0 saturated carbocycles. The number of phenols is 2. The molecule has 8 aromatic rings. The minimum Gasteiger partial charge on any atom is -0.506 e. The predicted molar refractivity (Wildman–Crippen MR) is 241 cm³/mol. The van der Waals surface area contributed by atoms with E-state index in [0.717, 1.165) is 35.0 Å². The third-order valence-corrected chi connectivity index (χ3v) is 13.2. The molecule has 0 heterocycles. The van der Waals surface area contributed by atoms with Gasteiger partial charge in [0.2, 0.25) is 0 Å². The second kappa shape index (κ2) is 18.3. The van der Waals surface area contributed by atoms with Crippen molar-refractivity contribution in [2.75, 3.05) is 0 Å². The number of aromatic hydroxyl groups is 2. The van der Waals surface area contributed by atoms with E-state index < -0.39 is 98.6 Å². The molecule has 0 aromatic heterocycles. The molecule has 0 bridgehead atoms. The van der Waals surface area contributed by atoms with Crippen molar-refractivity contribution < 1.29 is 74.7 Å². The summed E-state index contributed by atoms with van der Waals surface area (Å²) in [6.07, 6.45) is 0. The van der Waals surface area contributed by atoms with Crippen molar-refractivity contribution in [2.45, 2.75) is 19.6 Å². The van der Waals surface area contributed by atoms with Gasteiger partial charge in [0, 0.05) is 32.3 Å². The van der Waals surface area contributed by atoms with Crippen molar-refractivity contribution in [1.82, 2.24) is 0 Å². The number of phenolic OH excluding ortho intramolecular Hbond substituents is 2. The third kappa shape index (κ3) is 10.2. The Labute approximate surface area is 384 Å². The number of benzene rings is 8. The van der Waals surface area contributed by atoms with E-state index in [1.807, 2.05) is 36.4 Å². The molecule has 0 saturated heterocycles. The van der Waals surface area contributed by atoms with E-state index >= 15 is 0 Å². The van der Waals surface area contributed by atoms with Crippen molar-refractivity contribution in [2.24, 2.45) is 30.7 Å². The first kappa shape index (κ1) is 48.4. The molecule has 0 amide bonds. The largest absolute Gasteiger partial charge is 0.506 e. The summed E-state index contributed by atoms with van der Waals surface area (Å²) < 4.78 is 162. The van der Waals surface area contributed by atoms with Crippen LogP contribution in [-0.2, 0) is 51.1 Å². The summed E-state index contributed by atoms with van der Waals surface area (Å²) in [5, 5.41) is 48.2. The molecule has 8 rings (SSSR count). The number of rotatable bonds is 10. The molecule has 0 unspecified atom stereocenters. The molecule has 0 fully saturated rings. The van der Waals surface area contributed by atoms with E-state index in [1.165, 1.54) is 36.4 Å². The molecule has 68 heavy (non-hydrogen) atoms. The molecule has 8 aromatic carbocycles. The lowest BCUT2D eigenvalue weighted by Gasteiger charge is -2.12. The second-order valence-corrected chi connectivity index (χ2v) is 19.9. The maximum atomic E-state index is 12.2. The van der Waals surface area contributed by atoms with Gasteiger partial charge in [-0.1, -0.05) is 48.5 Å². The van der Waals surface area contributed by atoms with Crippen molar-refractivity contribution in [1.29, 1.82) is 0 Å². The Morgan fingerprint density at radius 2 is 0.750 bits per heavy atom. The normalized spacial score (nSPS) is 12.7. The third-order valence-electron chi connectivity index (χ3n) is 9.75. The number of azo groups is 3. The first-order valence-electron chi connectivity index (χ1n) is 18.4. The molecular formula is C40H26N6O17S5. The minimum atomic E-state index is -5.19. The molecular weight excluding hydrogens is 997 g/mol. The zero-order valence-electron chi connectivity index (χ0n) is 33.4. The lowest BCUT2D eigenvalue weighted by molar-refractivity contribution is 0.441. The summed E-state index contributed by atoms with van der Waals surface area (Å²) >= 11 is 0. The molecule has 28 heteroatoms. The van der Waals surface area contributed by atoms with Gasteiger partial charge < -0.3 is 10.2 Å². The fourth-order valence-corrected chi connectivity index (χ4v) is 9.01. The summed E-state index contributed by atoms with van der Waals surface area (Å²) in [7, 11) is -23.0. The van der Waals surface area contributed by atoms with Gasteiger partial charge >= 0.3 is 10.6 Å². The Bertz CT molecular complexity index is 4120. The Balaban J connectivity index is 0.00000165. The van der Waals surface area contributed by atoms with E-state index in [-0.39, 0.29) is 33.2 Å². The molecule has 0 aliphatic rings. The average molecular weight is 1020 g/mol. The molecule has 0 aliphatic heterocycles. The van der Waals surface area contributed by atoms with Crippen molar-refractivity contribution in [3.05, 3.63) is 121 Å².